The summed E-state index contributed by atoms with van der Waals surface area (Å²) >= 11 is 4.69. The summed E-state index contributed by atoms with van der Waals surface area (Å²) in [6.45, 7) is 1.84. The molecular formula is C21H21BrN4O3S. The molecule has 0 spiro atoms. The number of carbonyl (C=O) groups is 2. The lowest BCUT2D eigenvalue weighted by molar-refractivity contribution is 0.0936. The SMILES string of the molecule is COc1ccc(C(=O)CSc2nnc(C(C)NC(=O)c3ccccc3Br)n2C)cc1. The number of Topliss-reactive ketones (excluding diaryl/α,β-unsaturated/α-hetero) is 1. The molecule has 156 valence electrons. The monoisotopic (exact) mass is 488 g/mol. The van der Waals surface area contributed by atoms with Crippen LogP contribution in [-0.4, -0.2) is 39.3 Å². The van der Waals surface area contributed by atoms with Gasteiger partial charge in [-0.2, -0.15) is 0 Å². The van der Waals surface area contributed by atoms with E-state index < -0.39 is 0 Å². The van der Waals surface area contributed by atoms with Crippen molar-refractivity contribution in [3.63, 3.8) is 0 Å². The fourth-order valence-electron chi connectivity index (χ4n) is 2.80. The van der Waals surface area contributed by atoms with Crippen LogP contribution in [0.1, 0.15) is 39.5 Å². The first-order chi connectivity index (χ1) is 14.4. The molecule has 0 aliphatic heterocycles. The molecule has 0 aliphatic rings. The lowest BCUT2D eigenvalue weighted by Crippen LogP contribution is -2.28. The van der Waals surface area contributed by atoms with Gasteiger partial charge in [0, 0.05) is 17.1 Å². The zero-order valence-electron chi connectivity index (χ0n) is 16.8. The van der Waals surface area contributed by atoms with Gasteiger partial charge in [-0.15, -0.1) is 10.2 Å². The van der Waals surface area contributed by atoms with Gasteiger partial charge in [0.05, 0.1) is 24.5 Å². The van der Waals surface area contributed by atoms with Crippen molar-refractivity contribution in [3.05, 3.63) is 70.0 Å². The Morgan fingerprint density at radius 2 is 1.87 bits per heavy atom. The zero-order valence-corrected chi connectivity index (χ0v) is 19.2. The van der Waals surface area contributed by atoms with Gasteiger partial charge < -0.3 is 14.6 Å². The van der Waals surface area contributed by atoms with E-state index in [1.165, 1.54) is 11.8 Å². The predicted octanol–water partition coefficient (Wildman–Crippen LogP) is 4.05. The second-order valence-corrected chi connectivity index (χ2v) is 8.31. The zero-order chi connectivity index (χ0) is 21.7. The minimum absolute atomic E-state index is 0.0116. The van der Waals surface area contributed by atoms with Crippen LogP contribution < -0.4 is 10.1 Å². The number of amides is 1. The average Bonchev–Trinajstić information content (AvgIpc) is 3.12. The number of methoxy groups -OCH3 is 1. The molecule has 2 aromatic carbocycles. The first kappa shape index (κ1) is 22.0. The number of hydrogen-bond donors (Lipinski definition) is 1. The highest BCUT2D eigenvalue weighted by atomic mass is 79.9. The van der Waals surface area contributed by atoms with E-state index in [1.807, 2.05) is 26.1 Å². The number of aromatic nitrogens is 3. The molecule has 1 aromatic heterocycles. The molecule has 3 aromatic rings. The molecule has 1 N–H and O–H groups in total. The summed E-state index contributed by atoms with van der Waals surface area (Å²) in [5, 5.41) is 11.9. The maximum absolute atomic E-state index is 12.5. The number of halogens is 1. The van der Waals surface area contributed by atoms with Crippen molar-refractivity contribution in [1.82, 2.24) is 20.1 Å². The minimum Gasteiger partial charge on any atom is -0.497 e. The van der Waals surface area contributed by atoms with Crippen molar-refractivity contribution >= 4 is 39.4 Å². The normalized spacial score (nSPS) is 11.7. The average molecular weight is 489 g/mol. The number of ketones is 1. The van der Waals surface area contributed by atoms with Crippen LogP contribution in [0.3, 0.4) is 0 Å². The summed E-state index contributed by atoms with van der Waals surface area (Å²) in [5.74, 6) is 1.32. The smallest absolute Gasteiger partial charge is 0.253 e. The van der Waals surface area contributed by atoms with E-state index in [-0.39, 0.29) is 23.5 Å². The van der Waals surface area contributed by atoms with Gasteiger partial charge in [0.25, 0.3) is 5.91 Å². The van der Waals surface area contributed by atoms with Crippen LogP contribution in [-0.2, 0) is 7.05 Å². The Bertz CT molecular complexity index is 1050. The molecule has 0 bridgehead atoms. The van der Waals surface area contributed by atoms with E-state index in [1.54, 1.807) is 48.1 Å². The van der Waals surface area contributed by atoms with Crippen LogP contribution >= 0.6 is 27.7 Å². The van der Waals surface area contributed by atoms with Crippen LogP contribution in [0.2, 0.25) is 0 Å². The third-order valence-corrected chi connectivity index (χ3v) is 6.18. The second kappa shape index (κ2) is 9.90. The molecule has 0 radical (unpaired) electrons. The Kier molecular flexibility index (Phi) is 7.28. The highest BCUT2D eigenvalue weighted by Crippen LogP contribution is 2.22. The number of benzene rings is 2. The Labute approximate surface area is 187 Å². The summed E-state index contributed by atoms with van der Waals surface area (Å²) in [5.41, 5.74) is 1.16. The van der Waals surface area contributed by atoms with Crippen molar-refractivity contribution < 1.29 is 14.3 Å². The van der Waals surface area contributed by atoms with Crippen LogP contribution in [0.4, 0.5) is 0 Å². The largest absolute Gasteiger partial charge is 0.497 e. The van der Waals surface area contributed by atoms with Gasteiger partial charge in [0.1, 0.15) is 5.75 Å². The number of hydrogen-bond acceptors (Lipinski definition) is 6. The molecule has 7 nitrogen and oxygen atoms in total. The van der Waals surface area contributed by atoms with Crippen LogP contribution in [0, 0.1) is 0 Å². The topological polar surface area (TPSA) is 86.1 Å². The van der Waals surface area contributed by atoms with Gasteiger partial charge >= 0.3 is 0 Å². The van der Waals surface area contributed by atoms with Crippen LogP contribution in [0.15, 0.2) is 58.2 Å². The molecule has 1 amide bonds. The molecule has 3 rings (SSSR count). The van der Waals surface area contributed by atoms with Crippen LogP contribution in [0.5, 0.6) is 5.75 Å². The predicted molar refractivity (Wildman–Crippen MR) is 119 cm³/mol. The molecule has 9 heteroatoms. The number of nitrogens with one attached hydrogen (secondary N) is 1. The maximum atomic E-state index is 12.5. The van der Waals surface area contributed by atoms with Gasteiger partial charge in [-0.25, -0.2) is 0 Å². The van der Waals surface area contributed by atoms with E-state index in [0.29, 0.717) is 27.9 Å². The standard InChI is InChI=1S/C21H21BrN4O3S/c1-13(23-20(28)16-6-4-5-7-17(16)22)19-24-25-21(26(19)2)30-12-18(27)14-8-10-15(29-3)11-9-14/h4-11,13H,12H2,1-3H3,(H,23,28). The van der Waals surface area contributed by atoms with Gasteiger partial charge in [0.15, 0.2) is 16.8 Å². The molecule has 1 heterocycles. The number of carbonyl (C=O) groups excluding carboxylic acids is 2. The lowest BCUT2D eigenvalue weighted by atomic mass is 10.1. The third-order valence-electron chi connectivity index (χ3n) is 4.47. The highest BCUT2D eigenvalue weighted by Gasteiger charge is 2.20. The van der Waals surface area contributed by atoms with Crippen molar-refractivity contribution in [2.45, 2.75) is 18.1 Å². The molecule has 0 aliphatic carbocycles. The van der Waals surface area contributed by atoms with Crippen molar-refractivity contribution in [2.24, 2.45) is 7.05 Å². The molecule has 0 fully saturated rings. The fourth-order valence-corrected chi connectivity index (χ4v) is 4.08. The molecule has 0 saturated carbocycles. The minimum atomic E-state index is -0.353. The molecule has 30 heavy (non-hydrogen) atoms. The van der Waals surface area contributed by atoms with Crippen molar-refractivity contribution in [3.8, 4) is 5.75 Å². The second-order valence-electron chi connectivity index (χ2n) is 6.52. The molecule has 1 unspecified atom stereocenters. The number of nitrogens with zero attached hydrogens (tertiary/aromatic N) is 3. The fraction of sp³-hybridized carbons (Fsp3) is 0.238. The summed E-state index contributed by atoms with van der Waals surface area (Å²) in [6, 6.07) is 13.9. The Hall–Kier alpha value is -2.65. The van der Waals surface area contributed by atoms with Crippen molar-refractivity contribution in [1.29, 1.82) is 0 Å². The highest BCUT2D eigenvalue weighted by molar-refractivity contribution is 9.10. The van der Waals surface area contributed by atoms with E-state index in [2.05, 4.69) is 31.4 Å². The van der Waals surface area contributed by atoms with Crippen LogP contribution in [0.25, 0.3) is 0 Å². The van der Waals surface area contributed by atoms with E-state index in [4.69, 9.17) is 4.74 Å². The summed E-state index contributed by atoms with van der Waals surface area (Å²) in [6.07, 6.45) is 0. The Balaban J connectivity index is 1.62. The van der Waals surface area contributed by atoms with E-state index in [9.17, 15) is 9.59 Å². The maximum Gasteiger partial charge on any atom is 0.253 e. The quantitative estimate of drug-likeness (QED) is 0.380. The Morgan fingerprint density at radius 3 is 2.53 bits per heavy atom. The van der Waals surface area contributed by atoms with Crippen molar-refractivity contribution in [2.75, 3.05) is 12.9 Å². The number of thioether (sulfide) groups is 1. The summed E-state index contributed by atoms with van der Waals surface area (Å²) < 4.78 is 7.62. The summed E-state index contributed by atoms with van der Waals surface area (Å²) in [7, 11) is 3.40. The molecular weight excluding hydrogens is 468 g/mol. The first-order valence-corrected chi connectivity index (χ1v) is 10.9. The molecule has 0 saturated heterocycles. The lowest BCUT2D eigenvalue weighted by Gasteiger charge is -2.14. The Morgan fingerprint density at radius 1 is 1.17 bits per heavy atom. The first-order valence-electron chi connectivity index (χ1n) is 9.15. The van der Waals surface area contributed by atoms with E-state index >= 15 is 0 Å². The number of rotatable bonds is 8. The van der Waals surface area contributed by atoms with Gasteiger partial charge in [0.2, 0.25) is 0 Å². The summed E-state index contributed by atoms with van der Waals surface area (Å²) in [4.78, 5) is 25.0. The van der Waals surface area contributed by atoms with Gasteiger partial charge in [-0.1, -0.05) is 23.9 Å². The molecule has 1 atom stereocenters. The van der Waals surface area contributed by atoms with Gasteiger partial charge in [-0.05, 0) is 59.3 Å². The van der Waals surface area contributed by atoms with Gasteiger partial charge in [-0.3, -0.25) is 9.59 Å². The third kappa shape index (κ3) is 5.09. The number of ether oxygens (including phenoxy) is 1. The van der Waals surface area contributed by atoms with E-state index in [0.717, 1.165) is 4.47 Å².